The topological polar surface area (TPSA) is 29.3 Å². The minimum Gasteiger partial charge on any atom is -0.357 e. The number of aromatic nitrogens is 1. The molecular formula is C10H16N2O. The van der Waals surface area contributed by atoms with Crippen molar-refractivity contribution in [2.75, 3.05) is 20.6 Å². The van der Waals surface area contributed by atoms with Gasteiger partial charge in [0.15, 0.2) is 5.76 Å². The molecular weight excluding hydrogens is 164 g/mol. The summed E-state index contributed by atoms with van der Waals surface area (Å²) in [7, 11) is 4.12. The molecule has 3 heteroatoms. The van der Waals surface area contributed by atoms with E-state index in [1.54, 1.807) is 0 Å². The molecule has 0 saturated heterocycles. The molecule has 0 amide bonds. The summed E-state index contributed by atoms with van der Waals surface area (Å²) in [5.74, 6) is 0.830. The number of rotatable bonds is 4. The Labute approximate surface area is 79.0 Å². The van der Waals surface area contributed by atoms with Gasteiger partial charge in [0, 0.05) is 12.6 Å². The molecule has 3 nitrogen and oxygen atoms in total. The Morgan fingerprint density at radius 3 is 2.85 bits per heavy atom. The van der Waals surface area contributed by atoms with Crippen molar-refractivity contribution < 1.29 is 4.52 Å². The van der Waals surface area contributed by atoms with Gasteiger partial charge in [-0.1, -0.05) is 11.2 Å². The van der Waals surface area contributed by atoms with Gasteiger partial charge in [-0.2, -0.15) is 0 Å². The van der Waals surface area contributed by atoms with E-state index in [-0.39, 0.29) is 0 Å². The first-order chi connectivity index (χ1) is 6.18. The quantitative estimate of drug-likeness (QED) is 0.709. The predicted molar refractivity (Wildman–Crippen MR) is 53.4 cm³/mol. The average molecular weight is 180 g/mol. The highest BCUT2D eigenvalue weighted by Gasteiger charge is 1.93. The van der Waals surface area contributed by atoms with Crippen LogP contribution in [-0.2, 0) is 0 Å². The maximum atomic E-state index is 5.02. The summed E-state index contributed by atoms with van der Waals surface area (Å²) in [5, 5.41) is 3.79. The Bertz CT molecular complexity index is 276. The molecule has 0 unspecified atom stereocenters. The lowest BCUT2D eigenvalue weighted by atomic mass is 10.3. The first kappa shape index (κ1) is 9.99. The molecule has 0 spiro atoms. The summed E-state index contributed by atoms with van der Waals surface area (Å²) in [6.45, 7) is 2.98. The standard InChI is InChI=1S/C10H16N2O/c1-9-8-10(13-11-9)6-4-5-7-12(2)3/h4,6,8H,5,7H2,1-3H3. The van der Waals surface area contributed by atoms with Gasteiger partial charge in [0.1, 0.15) is 0 Å². The smallest absolute Gasteiger partial charge is 0.159 e. The maximum absolute atomic E-state index is 5.02. The van der Waals surface area contributed by atoms with E-state index < -0.39 is 0 Å². The molecule has 0 aliphatic carbocycles. The van der Waals surface area contributed by atoms with Gasteiger partial charge in [0.25, 0.3) is 0 Å². The Kier molecular flexibility index (Phi) is 3.71. The van der Waals surface area contributed by atoms with Crippen molar-refractivity contribution in [3.05, 3.63) is 23.6 Å². The van der Waals surface area contributed by atoms with E-state index in [1.165, 1.54) is 0 Å². The summed E-state index contributed by atoms with van der Waals surface area (Å²) < 4.78 is 5.02. The first-order valence-electron chi connectivity index (χ1n) is 4.43. The highest BCUT2D eigenvalue weighted by atomic mass is 16.5. The van der Waals surface area contributed by atoms with Crippen LogP contribution in [0.25, 0.3) is 6.08 Å². The van der Waals surface area contributed by atoms with E-state index in [4.69, 9.17) is 4.52 Å². The number of hydrogen-bond acceptors (Lipinski definition) is 3. The SMILES string of the molecule is Cc1cc(C=CCCN(C)C)on1. The molecule has 0 aliphatic heterocycles. The highest BCUT2D eigenvalue weighted by Crippen LogP contribution is 2.04. The minimum atomic E-state index is 0.830. The van der Waals surface area contributed by atoms with Crippen molar-refractivity contribution in [2.45, 2.75) is 13.3 Å². The van der Waals surface area contributed by atoms with Gasteiger partial charge in [0.05, 0.1) is 5.69 Å². The Hall–Kier alpha value is -1.09. The lowest BCUT2D eigenvalue weighted by Crippen LogP contribution is -2.11. The van der Waals surface area contributed by atoms with Crippen LogP contribution in [0.2, 0.25) is 0 Å². The van der Waals surface area contributed by atoms with Crippen LogP contribution in [0.5, 0.6) is 0 Å². The normalized spacial score (nSPS) is 11.7. The van der Waals surface area contributed by atoms with Gasteiger partial charge in [-0.05, 0) is 33.5 Å². The number of nitrogens with zero attached hydrogens (tertiary/aromatic N) is 2. The van der Waals surface area contributed by atoms with Gasteiger partial charge < -0.3 is 9.42 Å². The van der Waals surface area contributed by atoms with Crippen molar-refractivity contribution in [2.24, 2.45) is 0 Å². The lowest BCUT2D eigenvalue weighted by molar-refractivity contribution is 0.407. The average Bonchev–Trinajstić information content (AvgIpc) is 2.45. The highest BCUT2D eigenvalue weighted by molar-refractivity contribution is 5.42. The first-order valence-corrected chi connectivity index (χ1v) is 4.43. The number of hydrogen-bond donors (Lipinski definition) is 0. The maximum Gasteiger partial charge on any atom is 0.159 e. The molecule has 0 fully saturated rings. The summed E-state index contributed by atoms with van der Waals surface area (Å²) in [5.41, 5.74) is 0.923. The Morgan fingerprint density at radius 2 is 2.31 bits per heavy atom. The van der Waals surface area contributed by atoms with Gasteiger partial charge >= 0.3 is 0 Å². The molecule has 0 saturated carbocycles. The van der Waals surface area contributed by atoms with E-state index in [9.17, 15) is 0 Å². The third-order valence-corrected chi connectivity index (χ3v) is 1.67. The van der Waals surface area contributed by atoms with Gasteiger partial charge in [-0.25, -0.2) is 0 Å². The fraction of sp³-hybridized carbons (Fsp3) is 0.500. The molecule has 0 radical (unpaired) electrons. The number of aryl methyl sites for hydroxylation is 1. The summed E-state index contributed by atoms with van der Waals surface area (Å²) in [6, 6.07) is 1.92. The van der Waals surface area contributed by atoms with Crippen LogP contribution in [-0.4, -0.2) is 30.7 Å². The van der Waals surface area contributed by atoms with Gasteiger partial charge in [-0.3, -0.25) is 0 Å². The summed E-state index contributed by atoms with van der Waals surface area (Å²) >= 11 is 0. The molecule has 0 aliphatic rings. The molecule has 13 heavy (non-hydrogen) atoms. The zero-order chi connectivity index (χ0) is 9.68. The molecule has 0 N–H and O–H groups in total. The van der Waals surface area contributed by atoms with Crippen LogP contribution in [0.1, 0.15) is 17.9 Å². The monoisotopic (exact) mass is 180 g/mol. The Balaban J connectivity index is 2.32. The largest absolute Gasteiger partial charge is 0.357 e. The summed E-state index contributed by atoms with van der Waals surface area (Å²) in [6.07, 6.45) is 5.09. The van der Waals surface area contributed by atoms with Gasteiger partial charge in [-0.15, -0.1) is 0 Å². The predicted octanol–water partition coefficient (Wildman–Crippen LogP) is 1.95. The fourth-order valence-electron chi connectivity index (χ4n) is 0.994. The van der Waals surface area contributed by atoms with Crippen LogP contribution >= 0.6 is 0 Å². The third-order valence-electron chi connectivity index (χ3n) is 1.67. The van der Waals surface area contributed by atoms with E-state index in [2.05, 4.69) is 30.2 Å². The fourth-order valence-corrected chi connectivity index (χ4v) is 0.994. The second kappa shape index (κ2) is 4.82. The van der Waals surface area contributed by atoms with Gasteiger partial charge in [0.2, 0.25) is 0 Å². The Morgan fingerprint density at radius 1 is 1.54 bits per heavy atom. The van der Waals surface area contributed by atoms with Crippen LogP contribution in [0.3, 0.4) is 0 Å². The summed E-state index contributed by atoms with van der Waals surface area (Å²) in [4.78, 5) is 2.15. The van der Waals surface area contributed by atoms with Crippen molar-refractivity contribution in [3.8, 4) is 0 Å². The van der Waals surface area contributed by atoms with Crippen molar-refractivity contribution in [1.29, 1.82) is 0 Å². The molecule has 0 atom stereocenters. The zero-order valence-corrected chi connectivity index (χ0v) is 8.45. The van der Waals surface area contributed by atoms with E-state index >= 15 is 0 Å². The van der Waals surface area contributed by atoms with Crippen molar-refractivity contribution >= 4 is 6.08 Å². The molecule has 0 bridgehead atoms. The molecule has 1 aromatic rings. The van der Waals surface area contributed by atoms with Crippen molar-refractivity contribution in [1.82, 2.24) is 10.1 Å². The minimum absolute atomic E-state index is 0.830. The van der Waals surface area contributed by atoms with Crippen LogP contribution in [0.4, 0.5) is 0 Å². The zero-order valence-electron chi connectivity index (χ0n) is 8.45. The van der Waals surface area contributed by atoms with E-state index in [0.717, 1.165) is 24.4 Å². The molecule has 1 rings (SSSR count). The molecule has 72 valence electrons. The van der Waals surface area contributed by atoms with Crippen LogP contribution in [0.15, 0.2) is 16.7 Å². The molecule has 0 aromatic carbocycles. The van der Waals surface area contributed by atoms with Crippen LogP contribution < -0.4 is 0 Å². The van der Waals surface area contributed by atoms with Crippen LogP contribution in [0, 0.1) is 6.92 Å². The molecule has 1 heterocycles. The van der Waals surface area contributed by atoms with E-state index in [1.807, 2.05) is 19.1 Å². The second-order valence-corrected chi connectivity index (χ2v) is 3.36. The van der Waals surface area contributed by atoms with Crippen molar-refractivity contribution in [3.63, 3.8) is 0 Å². The van der Waals surface area contributed by atoms with E-state index in [0.29, 0.717) is 0 Å². The molecule has 1 aromatic heterocycles. The second-order valence-electron chi connectivity index (χ2n) is 3.36. The third kappa shape index (κ3) is 3.90. The lowest BCUT2D eigenvalue weighted by Gasteiger charge is -2.05.